The Morgan fingerprint density at radius 1 is 1.41 bits per heavy atom. The Labute approximate surface area is 116 Å². The maximum atomic E-state index is 11.5. The first-order valence-corrected chi connectivity index (χ1v) is 6.61. The van der Waals surface area contributed by atoms with E-state index in [9.17, 15) is 4.79 Å². The van der Waals surface area contributed by atoms with Crippen LogP contribution in [0.2, 0.25) is 0 Å². The van der Waals surface area contributed by atoms with Gasteiger partial charge in [-0.2, -0.15) is 0 Å². The Morgan fingerprint density at radius 3 is 2.82 bits per heavy atom. The molecule has 0 aliphatic carbocycles. The van der Waals surface area contributed by atoms with Crippen molar-refractivity contribution in [3.8, 4) is 0 Å². The lowest BCUT2D eigenvalue weighted by Crippen LogP contribution is -2.31. The lowest BCUT2D eigenvalue weighted by atomic mass is 10.3. The monoisotopic (exact) mass is 347 g/mol. The van der Waals surface area contributed by atoms with Gasteiger partial charge in [0.15, 0.2) is 0 Å². The number of benzene rings is 1. The highest BCUT2D eigenvalue weighted by atomic mass is 127. The van der Waals surface area contributed by atoms with Gasteiger partial charge in [-0.15, -0.1) is 0 Å². The zero-order valence-corrected chi connectivity index (χ0v) is 12.3. The highest BCUT2D eigenvalue weighted by molar-refractivity contribution is 14.1. The van der Waals surface area contributed by atoms with Crippen LogP contribution in [-0.4, -0.2) is 38.1 Å². The largest absolute Gasteiger partial charge is 0.338 e. The van der Waals surface area contributed by atoms with Gasteiger partial charge in [-0.05, 0) is 67.9 Å². The molecule has 1 aromatic rings. The van der Waals surface area contributed by atoms with Crippen molar-refractivity contribution in [2.45, 2.75) is 6.42 Å². The summed E-state index contributed by atoms with van der Waals surface area (Å²) >= 11 is 2.22. The van der Waals surface area contributed by atoms with E-state index in [-0.39, 0.29) is 6.03 Å². The van der Waals surface area contributed by atoms with Crippen molar-refractivity contribution in [3.05, 3.63) is 27.8 Å². The second kappa shape index (κ2) is 7.50. The summed E-state index contributed by atoms with van der Waals surface area (Å²) in [5, 5.41) is 5.63. The summed E-state index contributed by atoms with van der Waals surface area (Å²) in [6.45, 7) is 1.66. The molecule has 0 fully saturated rings. The lowest BCUT2D eigenvalue weighted by molar-refractivity contribution is 0.251. The second-order valence-electron chi connectivity index (χ2n) is 4.05. The molecule has 0 bridgehead atoms. The maximum Gasteiger partial charge on any atom is 0.319 e. The SMILES string of the molecule is CN(C)CCCNC(=O)Nc1cccc(I)c1. The number of amides is 2. The number of urea groups is 1. The first-order valence-electron chi connectivity index (χ1n) is 5.53. The van der Waals surface area contributed by atoms with Crippen LogP contribution in [0.4, 0.5) is 10.5 Å². The van der Waals surface area contributed by atoms with Crippen molar-refractivity contribution in [2.75, 3.05) is 32.5 Å². The van der Waals surface area contributed by atoms with Gasteiger partial charge in [0.1, 0.15) is 0 Å². The summed E-state index contributed by atoms with van der Waals surface area (Å²) in [5.74, 6) is 0. The van der Waals surface area contributed by atoms with E-state index in [1.165, 1.54) is 0 Å². The Balaban J connectivity index is 2.25. The third kappa shape index (κ3) is 6.48. The highest BCUT2D eigenvalue weighted by Crippen LogP contribution is 2.11. The van der Waals surface area contributed by atoms with E-state index >= 15 is 0 Å². The summed E-state index contributed by atoms with van der Waals surface area (Å²) in [4.78, 5) is 13.6. The Bertz CT molecular complexity index is 369. The van der Waals surface area contributed by atoms with Crippen LogP contribution in [0, 0.1) is 3.57 Å². The second-order valence-corrected chi connectivity index (χ2v) is 5.29. The van der Waals surface area contributed by atoms with E-state index in [0.717, 1.165) is 22.2 Å². The molecule has 2 amide bonds. The maximum absolute atomic E-state index is 11.5. The minimum Gasteiger partial charge on any atom is -0.338 e. The number of halogens is 1. The average Bonchev–Trinajstić information content (AvgIpc) is 2.24. The van der Waals surface area contributed by atoms with Crippen LogP contribution in [-0.2, 0) is 0 Å². The van der Waals surface area contributed by atoms with Crippen molar-refractivity contribution >= 4 is 34.3 Å². The van der Waals surface area contributed by atoms with Crippen molar-refractivity contribution in [1.29, 1.82) is 0 Å². The molecule has 0 aliphatic heterocycles. The molecule has 0 atom stereocenters. The molecule has 0 aliphatic rings. The van der Waals surface area contributed by atoms with E-state index < -0.39 is 0 Å². The molecule has 4 nitrogen and oxygen atoms in total. The third-order valence-electron chi connectivity index (χ3n) is 2.15. The summed E-state index contributed by atoms with van der Waals surface area (Å²) in [7, 11) is 4.04. The van der Waals surface area contributed by atoms with Crippen LogP contribution in [0.5, 0.6) is 0 Å². The molecular weight excluding hydrogens is 329 g/mol. The van der Waals surface area contributed by atoms with Gasteiger partial charge in [0, 0.05) is 15.8 Å². The molecule has 17 heavy (non-hydrogen) atoms. The van der Waals surface area contributed by atoms with Crippen LogP contribution in [0.1, 0.15) is 6.42 Å². The summed E-state index contributed by atoms with van der Waals surface area (Å²) in [6.07, 6.45) is 0.951. The van der Waals surface area contributed by atoms with Crippen LogP contribution in [0.3, 0.4) is 0 Å². The highest BCUT2D eigenvalue weighted by Gasteiger charge is 2.01. The molecule has 0 unspecified atom stereocenters. The predicted molar refractivity (Wildman–Crippen MR) is 79.4 cm³/mol. The minimum absolute atomic E-state index is 0.147. The normalized spacial score (nSPS) is 10.4. The molecule has 2 N–H and O–H groups in total. The number of rotatable bonds is 5. The van der Waals surface area contributed by atoms with Crippen molar-refractivity contribution < 1.29 is 4.79 Å². The molecule has 5 heteroatoms. The quantitative estimate of drug-likeness (QED) is 0.635. The Hall–Kier alpha value is -0.820. The number of hydrogen-bond acceptors (Lipinski definition) is 2. The standard InChI is InChI=1S/C12H18IN3O/c1-16(2)8-4-7-14-12(17)15-11-6-3-5-10(13)9-11/h3,5-6,9H,4,7-8H2,1-2H3,(H2,14,15,17). The number of carbonyl (C=O) groups is 1. The average molecular weight is 347 g/mol. The van der Waals surface area contributed by atoms with Crippen LogP contribution >= 0.6 is 22.6 Å². The molecule has 1 rings (SSSR count). The molecule has 0 heterocycles. The van der Waals surface area contributed by atoms with E-state index in [1.54, 1.807) is 0 Å². The van der Waals surface area contributed by atoms with Gasteiger partial charge in [0.25, 0.3) is 0 Å². The van der Waals surface area contributed by atoms with Crippen LogP contribution in [0.25, 0.3) is 0 Å². The number of nitrogens with one attached hydrogen (secondary N) is 2. The van der Waals surface area contributed by atoms with Gasteiger partial charge in [-0.3, -0.25) is 0 Å². The van der Waals surface area contributed by atoms with Gasteiger partial charge in [0.2, 0.25) is 0 Å². The van der Waals surface area contributed by atoms with Gasteiger partial charge >= 0.3 is 6.03 Å². The molecule has 0 saturated heterocycles. The van der Waals surface area contributed by atoms with Crippen molar-refractivity contribution in [3.63, 3.8) is 0 Å². The van der Waals surface area contributed by atoms with Gasteiger partial charge < -0.3 is 15.5 Å². The molecule has 94 valence electrons. The van der Waals surface area contributed by atoms with Gasteiger partial charge in [-0.25, -0.2) is 4.79 Å². The fourth-order valence-electron chi connectivity index (χ4n) is 1.34. The van der Waals surface area contributed by atoms with Crippen molar-refractivity contribution in [1.82, 2.24) is 10.2 Å². The molecule has 1 aromatic carbocycles. The Morgan fingerprint density at radius 2 is 2.18 bits per heavy atom. The fourth-order valence-corrected chi connectivity index (χ4v) is 1.88. The number of carbonyl (C=O) groups excluding carboxylic acids is 1. The van der Waals surface area contributed by atoms with E-state index in [0.29, 0.717) is 6.54 Å². The number of nitrogens with zero attached hydrogens (tertiary/aromatic N) is 1. The van der Waals surface area contributed by atoms with Crippen LogP contribution < -0.4 is 10.6 Å². The number of anilines is 1. The van der Waals surface area contributed by atoms with Crippen molar-refractivity contribution in [2.24, 2.45) is 0 Å². The molecular formula is C12H18IN3O. The molecule has 0 radical (unpaired) electrons. The van der Waals surface area contributed by atoms with Crippen LogP contribution in [0.15, 0.2) is 24.3 Å². The number of hydrogen-bond donors (Lipinski definition) is 2. The lowest BCUT2D eigenvalue weighted by Gasteiger charge is -2.10. The first-order chi connectivity index (χ1) is 8.08. The first kappa shape index (κ1) is 14.2. The van der Waals surface area contributed by atoms with Gasteiger partial charge in [-0.1, -0.05) is 6.07 Å². The van der Waals surface area contributed by atoms with E-state index in [2.05, 4.69) is 38.1 Å². The molecule has 0 spiro atoms. The molecule has 0 aromatic heterocycles. The smallest absolute Gasteiger partial charge is 0.319 e. The van der Waals surface area contributed by atoms with E-state index in [4.69, 9.17) is 0 Å². The zero-order valence-electron chi connectivity index (χ0n) is 10.2. The molecule has 0 saturated carbocycles. The summed E-state index contributed by atoms with van der Waals surface area (Å²) in [5.41, 5.74) is 0.821. The predicted octanol–water partition coefficient (Wildman–Crippen LogP) is 2.36. The summed E-state index contributed by atoms with van der Waals surface area (Å²) < 4.78 is 1.10. The third-order valence-corrected chi connectivity index (χ3v) is 2.82. The minimum atomic E-state index is -0.147. The Kier molecular flexibility index (Phi) is 6.28. The fraction of sp³-hybridized carbons (Fsp3) is 0.417. The summed E-state index contributed by atoms with van der Waals surface area (Å²) in [6, 6.07) is 7.57. The van der Waals surface area contributed by atoms with Gasteiger partial charge in [0.05, 0.1) is 0 Å². The topological polar surface area (TPSA) is 44.4 Å². The zero-order chi connectivity index (χ0) is 12.7. The van der Waals surface area contributed by atoms with E-state index in [1.807, 2.05) is 38.4 Å².